The molecule has 0 saturated heterocycles. The molecule has 0 unspecified atom stereocenters. The lowest BCUT2D eigenvalue weighted by molar-refractivity contribution is 0.521. The molecule has 0 atom stereocenters. The lowest BCUT2D eigenvalue weighted by Crippen LogP contribution is -2.09. The maximum atomic E-state index is 12.2. The number of aromatic amines is 1. The minimum atomic E-state index is -0.571. The topological polar surface area (TPSA) is 96.7 Å². The summed E-state index contributed by atoms with van der Waals surface area (Å²) in [6.07, 6.45) is 5.47. The molecular formula is C16H12ClN5O2S. The van der Waals surface area contributed by atoms with Crippen molar-refractivity contribution in [2.24, 2.45) is 0 Å². The molecule has 9 heteroatoms. The van der Waals surface area contributed by atoms with Gasteiger partial charge in [-0.2, -0.15) is 0 Å². The fraction of sp³-hybridized carbons (Fsp3) is 0.125. The summed E-state index contributed by atoms with van der Waals surface area (Å²) in [5, 5.41) is 5.02. The van der Waals surface area contributed by atoms with E-state index in [-0.39, 0.29) is 10.6 Å². The summed E-state index contributed by atoms with van der Waals surface area (Å²) in [7, 11) is 0. The molecule has 0 aliphatic rings. The molecule has 0 saturated carbocycles. The van der Waals surface area contributed by atoms with Crippen LogP contribution in [0, 0.1) is 0 Å². The van der Waals surface area contributed by atoms with Crippen LogP contribution in [0.5, 0.6) is 0 Å². The Morgan fingerprint density at radius 1 is 1.40 bits per heavy atom. The maximum absolute atomic E-state index is 12.2. The highest BCUT2D eigenvalue weighted by Crippen LogP contribution is 2.24. The first-order valence-electron chi connectivity index (χ1n) is 7.36. The number of aromatic nitrogens is 4. The molecule has 0 spiro atoms. The summed E-state index contributed by atoms with van der Waals surface area (Å²) >= 11 is 7.21. The second-order valence-corrected chi connectivity index (χ2v) is 6.37. The van der Waals surface area contributed by atoms with Crippen LogP contribution in [0.3, 0.4) is 0 Å². The highest BCUT2D eigenvalue weighted by Gasteiger charge is 2.14. The van der Waals surface area contributed by atoms with Crippen LogP contribution >= 0.6 is 23.4 Å². The van der Waals surface area contributed by atoms with Gasteiger partial charge < -0.3 is 14.7 Å². The number of nitrogens with zero attached hydrogens (tertiary/aromatic N) is 3. The van der Waals surface area contributed by atoms with Crippen LogP contribution in [-0.4, -0.2) is 26.2 Å². The molecule has 0 aliphatic carbocycles. The van der Waals surface area contributed by atoms with Gasteiger partial charge in [-0.3, -0.25) is 0 Å². The van der Waals surface area contributed by atoms with Crippen molar-refractivity contribution in [3.05, 3.63) is 51.8 Å². The molecule has 0 aliphatic heterocycles. The van der Waals surface area contributed by atoms with Crippen molar-refractivity contribution in [3.63, 3.8) is 0 Å². The third kappa shape index (κ3) is 2.94. The van der Waals surface area contributed by atoms with Gasteiger partial charge in [0.25, 0.3) is 0 Å². The second kappa shape index (κ2) is 6.38. The number of halogens is 1. The number of rotatable bonds is 4. The fourth-order valence-corrected chi connectivity index (χ4v) is 3.14. The van der Waals surface area contributed by atoms with Crippen molar-refractivity contribution >= 4 is 51.1 Å². The summed E-state index contributed by atoms with van der Waals surface area (Å²) in [6.45, 7) is 0.466. The van der Waals surface area contributed by atoms with Gasteiger partial charge >= 0.3 is 5.63 Å². The summed E-state index contributed by atoms with van der Waals surface area (Å²) in [5.41, 5.74) is 1.70. The van der Waals surface area contributed by atoms with E-state index in [0.717, 1.165) is 16.6 Å². The lowest BCUT2D eigenvalue weighted by Gasteiger charge is -2.09. The highest BCUT2D eigenvalue weighted by molar-refractivity contribution is 7.98. The molecule has 0 bridgehead atoms. The zero-order valence-corrected chi connectivity index (χ0v) is 14.6. The summed E-state index contributed by atoms with van der Waals surface area (Å²) in [4.78, 5) is 28.3. The van der Waals surface area contributed by atoms with E-state index in [9.17, 15) is 4.79 Å². The van der Waals surface area contributed by atoms with Gasteiger partial charge in [0.15, 0.2) is 10.4 Å². The van der Waals surface area contributed by atoms with Crippen LogP contribution in [0.25, 0.3) is 21.9 Å². The SMILES string of the molecule is CSc1nc(NCc2c[nH]c3ncccc23)c2c(=O)oc(Cl)cc2n1. The van der Waals surface area contributed by atoms with E-state index in [1.807, 2.05) is 24.6 Å². The number of nitrogens with one attached hydrogen (secondary N) is 2. The van der Waals surface area contributed by atoms with Gasteiger partial charge in [0.1, 0.15) is 16.9 Å². The van der Waals surface area contributed by atoms with Gasteiger partial charge in [0, 0.05) is 30.4 Å². The molecule has 0 fully saturated rings. The molecule has 2 N–H and O–H groups in total. The number of anilines is 1. The van der Waals surface area contributed by atoms with Crippen molar-refractivity contribution in [1.29, 1.82) is 0 Å². The monoisotopic (exact) mass is 373 g/mol. The largest absolute Gasteiger partial charge is 0.410 e. The van der Waals surface area contributed by atoms with Crippen molar-refractivity contribution in [3.8, 4) is 0 Å². The van der Waals surface area contributed by atoms with Gasteiger partial charge in [-0.05, 0) is 35.6 Å². The summed E-state index contributed by atoms with van der Waals surface area (Å²) in [6, 6.07) is 5.37. The number of hydrogen-bond acceptors (Lipinski definition) is 7. The average molecular weight is 374 g/mol. The van der Waals surface area contributed by atoms with E-state index in [4.69, 9.17) is 16.0 Å². The standard InChI is InChI=1S/C16H12ClN5O2S/c1-25-16-21-10-5-11(17)24-15(23)12(10)14(22-16)20-7-8-6-19-13-9(8)3-2-4-18-13/h2-6H,7H2,1H3,(H,18,19)(H,20,21,22). The Morgan fingerprint density at radius 2 is 2.28 bits per heavy atom. The van der Waals surface area contributed by atoms with Crippen LogP contribution in [0.1, 0.15) is 5.56 Å². The van der Waals surface area contributed by atoms with Crippen molar-refractivity contribution < 1.29 is 4.42 Å². The van der Waals surface area contributed by atoms with E-state index in [1.165, 1.54) is 17.8 Å². The number of H-pyrrole nitrogens is 1. The maximum Gasteiger partial charge on any atom is 0.350 e. The minimum absolute atomic E-state index is 0.00286. The second-order valence-electron chi connectivity index (χ2n) is 5.22. The Bertz CT molecular complexity index is 1140. The Kier molecular flexibility index (Phi) is 4.06. The molecule has 25 heavy (non-hydrogen) atoms. The number of hydrogen-bond donors (Lipinski definition) is 2. The molecule has 0 aromatic carbocycles. The smallest absolute Gasteiger partial charge is 0.350 e. The van der Waals surface area contributed by atoms with Gasteiger partial charge in [0.05, 0.1) is 5.52 Å². The van der Waals surface area contributed by atoms with Crippen molar-refractivity contribution in [2.75, 3.05) is 11.6 Å². The van der Waals surface area contributed by atoms with Gasteiger partial charge in [-0.25, -0.2) is 19.7 Å². The van der Waals surface area contributed by atoms with Gasteiger partial charge in [-0.15, -0.1) is 0 Å². The third-order valence-electron chi connectivity index (χ3n) is 3.73. The van der Waals surface area contributed by atoms with Gasteiger partial charge in [0.2, 0.25) is 0 Å². The average Bonchev–Trinajstić information content (AvgIpc) is 3.02. The highest BCUT2D eigenvalue weighted by atomic mass is 35.5. The molecule has 126 valence electrons. The molecule has 7 nitrogen and oxygen atoms in total. The van der Waals surface area contributed by atoms with E-state index in [0.29, 0.717) is 23.0 Å². The molecule has 0 radical (unpaired) electrons. The summed E-state index contributed by atoms with van der Waals surface area (Å²) in [5.74, 6) is 0.415. The van der Waals surface area contributed by atoms with Crippen LogP contribution in [0.15, 0.2) is 45.0 Å². The fourth-order valence-electron chi connectivity index (χ4n) is 2.60. The Labute approximate surface area is 150 Å². The predicted octanol–water partition coefficient (Wildman–Crippen LogP) is 3.45. The molecule has 4 rings (SSSR count). The number of thioether (sulfide) groups is 1. The summed E-state index contributed by atoms with van der Waals surface area (Å²) < 4.78 is 4.98. The minimum Gasteiger partial charge on any atom is -0.410 e. The number of pyridine rings is 1. The molecule has 4 aromatic heterocycles. The quantitative estimate of drug-likeness (QED) is 0.417. The van der Waals surface area contributed by atoms with Crippen molar-refractivity contribution in [2.45, 2.75) is 11.7 Å². The van der Waals surface area contributed by atoms with Crippen LogP contribution in [0.2, 0.25) is 5.22 Å². The normalized spacial score (nSPS) is 11.3. The molecular weight excluding hydrogens is 362 g/mol. The Morgan fingerprint density at radius 3 is 3.12 bits per heavy atom. The van der Waals surface area contributed by atoms with Crippen LogP contribution in [-0.2, 0) is 6.54 Å². The third-order valence-corrected chi connectivity index (χ3v) is 4.46. The first-order valence-corrected chi connectivity index (χ1v) is 8.96. The predicted molar refractivity (Wildman–Crippen MR) is 98.3 cm³/mol. The van der Waals surface area contributed by atoms with E-state index in [1.54, 1.807) is 6.20 Å². The van der Waals surface area contributed by atoms with Crippen LogP contribution in [0.4, 0.5) is 5.82 Å². The molecule has 4 aromatic rings. The molecule has 0 amide bonds. The Balaban J connectivity index is 1.77. The first-order chi connectivity index (χ1) is 12.2. The zero-order chi connectivity index (χ0) is 17.4. The van der Waals surface area contributed by atoms with Gasteiger partial charge in [-0.1, -0.05) is 11.8 Å². The van der Waals surface area contributed by atoms with Crippen LogP contribution < -0.4 is 10.9 Å². The first kappa shape index (κ1) is 15.9. The lowest BCUT2D eigenvalue weighted by atomic mass is 10.2. The number of fused-ring (bicyclic) bond motifs is 2. The van der Waals surface area contributed by atoms with E-state index in [2.05, 4.69) is 25.3 Å². The Hall–Kier alpha value is -2.58. The van der Waals surface area contributed by atoms with Crippen molar-refractivity contribution in [1.82, 2.24) is 19.9 Å². The molecule has 4 heterocycles. The van der Waals surface area contributed by atoms with E-state index >= 15 is 0 Å². The van der Waals surface area contributed by atoms with E-state index < -0.39 is 5.63 Å². The zero-order valence-electron chi connectivity index (χ0n) is 13.0.